The van der Waals surface area contributed by atoms with E-state index in [4.69, 9.17) is 11.1 Å². The minimum absolute atomic E-state index is 0.565. The molecule has 0 saturated heterocycles. The van der Waals surface area contributed by atoms with Crippen molar-refractivity contribution in [1.29, 1.82) is 5.41 Å². The average molecular weight is 263 g/mol. The minimum atomic E-state index is 0.565. The molecule has 108 valence electrons. The van der Waals surface area contributed by atoms with Crippen LogP contribution in [0.1, 0.15) is 48.0 Å². The molecule has 0 atom stereocenters. The third-order valence-electron chi connectivity index (χ3n) is 2.95. The number of rotatable bonds is 5. The highest BCUT2D eigenvalue weighted by atomic mass is 14.8. The summed E-state index contributed by atoms with van der Waals surface area (Å²) in [6.07, 6.45) is 4.55. The van der Waals surface area contributed by atoms with E-state index >= 15 is 0 Å². The van der Waals surface area contributed by atoms with Gasteiger partial charge in [0, 0.05) is 5.71 Å². The van der Waals surface area contributed by atoms with Crippen molar-refractivity contribution >= 4 is 12.1 Å². The molecule has 0 aliphatic carbocycles. The molecule has 0 aromatic heterocycles. The predicted molar refractivity (Wildman–Crippen MR) is 88.2 cm³/mol. The van der Waals surface area contributed by atoms with Crippen molar-refractivity contribution < 1.29 is 0 Å². The van der Waals surface area contributed by atoms with E-state index in [0.717, 1.165) is 12.0 Å². The van der Waals surface area contributed by atoms with E-state index in [2.05, 4.69) is 38.4 Å². The second kappa shape index (κ2) is 11.5. The fourth-order valence-electron chi connectivity index (χ4n) is 1.13. The fourth-order valence-corrected chi connectivity index (χ4v) is 1.13. The first-order chi connectivity index (χ1) is 8.81. The Balaban J connectivity index is 0. The standard InChI is InChI=1S/C11H20N2.C5H9N/c1-5-9(3)11(7-13-8-12)10(4)6-2;1-4(2)5(3)6/h5,8H,6-7H2,1-4H3,(H2,12,13);6H,1H2,2-3H3/b9-5-,11-10-;. The van der Waals surface area contributed by atoms with Crippen LogP contribution < -0.4 is 5.73 Å². The van der Waals surface area contributed by atoms with Crippen LogP contribution >= 0.6 is 0 Å². The molecular formula is C16H29N3. The quantitative estimate of drug-likeness (QED) is 0.434. The van der Waals surface area contributed by atoms with Gasteiger partial charge in [0.1, 0.15) is 0 Å². The highest BCUT2D eigenvalue weighted by Gasteiger charge is 2.01. The second-order valence-corrected chi connectivity index (χ2v) is 4.48. The Morgan fingerprint density at radius 1 is 1.26 bits per heavy atom. The molecule has 19 heavy (non-hydrogen) atoms. The SMILES string of the molecule is C/C=C(C)\C(CN=CN)=C(\C)CC.C=C(C)C(C)=N. The number of hydrogen-bond acceptors (Lipinski definition) is 2. The first-order valence-electron chi connectivity index (χ1n) is 6.54. The highest BCUT2D eigenvalue weighted by molar-refractivity contribution is 5.94. The third kappa shape index (κ3) is 10.0. The van der Waals surface area contributed by atoms with Gasteiger partial charge in [-0.2, -0.15) is 0 Å². The van der Waals surface area contributed by atoms with Crippen LogP contribution in [-0.4, -0.2) is 18.6 Å². The Bertz CT molecular complexity index is 373. The van der Waals surface area contributed by atoms with Crippen molar-refractivity contribution in [3.63, 3.8) is 0 Å². The highest BCUT2D eigenvalue weighted by Crippen LogP contribution is 2.16. The normalized spacial score (nSPS) is 12.6. The first kappa shape index (κ1) is 19.7. The molecule has 0 radical (unpaired) electrons. The molecule has 0 fully saturated rings. The van der Waals surface area contributed by atoms with E-state index in [0.29, 0.717) is 12.3 Å². The Kier molecular flexibility index (Phi) is 11.9. The topological polar surface area (TPSA) is 62.2 Å². The summed E-state index contributed by atoms with van der Waals surface area (Å²) < 4.78 is 0. The molecule has 3 nitrogen and oxygen atoms in total. The van der Waals surface area contributed by atoms with Crippen LogP contribution in [-0.2, 0) is 0 Å². The Morgan fingerprint density at radius 3 is 2.00 bits per heavy atom. The summed E-state index contributed by atoms with van der Waals surface area (Å²) in [6, 6.07) is 0. The van der Waals surface area contributed by atoms with E-state index < -0.39 is 0 Å². The van der Waals surface area contributed by atoms with Crippen molar-refractivity contribution in [1.82, 2.24) is 0 Å². The third-order valence-corrected chi connectivity index (χ3v) is 2.95. The van der Waals surface area contributed by atoms with Gasteiger partial charge in [-0.15, -0.1) is 0 Å². The average Bonchev–Trinajstić information content (AvgIpc) is 2.38. The lowest BCUT2D eigenvalue weighted by atomic mass is 10.0. The smallest absolute Gasteiger partial charge is 0.0801 e. The number of nitrogens with one attached hydrogen (secondary N) is 1. The lowest BCUT2D eigenvalue weighted by molar-refractivity contribution is 1.01. The van der Waals surface area contributed by atoms with Gasteiger partial charge in [-0.25, -0.2) is 0 Å². The van der Waals surface area contributed by atoms with Gasteiger partial charge in [-0.3, -0.25) is 4.99 Å². The lowest BCUT2D eigenvalue weighted by Crippen LogP contribution is -1.98. The van der Waals surface area contributed by atoms with Crippen LogP contribution in [0, 0.1) is 5.41 Å². The van der Waals surface area contributed by atoms with Crippen LogP contribution in [0.25, 0.3) is 0 Å². The van der Waals surface area contributed by atoms with Crippen LogP contribution in [0.5, 0.6) is 0 Å². The minimum Gasteiger partial charge on any atom is -0.390 e. The van der Waals surface area contributed by atoms with Crippen molar-refractivity contribution in [2.75, 3.05) is 6.54 Å². The molecule has 0 unspecified atom stereocenters. The molecule has 0 rings (SSSR count). The maximum atomic E-state index is 6.85. The lowest BCUT2D eigenvalue weighted by Gasteiger charge is -2.08. The second-order valence-electron chi connectivity index (χ2n) is 4.48. The number of nitrogens with zero attached hydrogens (tertiary/aromatic N) is 1. The van der Waals surface area contributed by atoms with Crippen LogP contribution in [0.15, 0.2) is 39.9 Å². The van der Waals surface area contributed by atoms with Gasteiger partial charge >= 0.3 is 0 Å². The zero-order valence-electron chi connectivity index (χ0n) is 13.3. The summed E-state index contributed by atoms with van der Waals surface area (Å²) in [4.78, 5) is 4.06. The van der Waals surface area contributed by atoms with Gasteiger partial charge in [0.25, 0.3) is 0 Å². The molecule has 3 N–H and O–H groups in total. The maximum Gasteiger partial charge on any atom is 0.0801 e. The zero-order chi connectivity index (χ0) is 15.4. The monoisotopic (exact) mass is 263 g/mol. The predicted octanol–water partition coefficient (Wildman–Crippen LogP) is 4.27. The van der Waals surface area contributed by atoms with Gasteiger partial charge in [0.15, 0.2) is 0 Å². The molecule has 0 aromatic carbocycles. The zero-order valence-corrected chi connectivity index (χ0v) is 13.3. The van der Waals surface area contributed by atoms with Crippen LogP contribution in [0.3, 0.4) is 0 Å². The maximum absolute atomic E-state index is 6.85. The van der Waals surface area contributed by atoms with Gasteiger partial charge < -0.3 is 11.1 Å². The van der Waals surface area contributed by atoms with E-state index in [-0.39, 0.29) is 0 Å². The van der Waals surface area contributed by atoms with E-state index in [1.807, 2.05) is 13.8 Å². The molecule has 0 spiro atoms. The molecule has 3 heteroatoms. The Morgan fingerprint density at radius 2 is 1.74 bits per heavy atom. The molecule has 0 bridgehead atoms. The summed E-state index contributed by atoms with van der Waals surface area (Å²) in [5.74, 6) is 0. The fraction of sp³-hybridized carbons (Fsp3) is 0.500. The Hall–Kier alpha value is -1.64. The van der Waals surface area contributed by atoms with Gasteiger partial charge in [0.05, 0.1) is 12.9 Å². The molecule has 0 aliphatic heterocycles. The van der Waals surface area contributed by atoms with Gasteiger partial charge in [-0.05, 0) is 52.2 Å². The number of aliphatic imine (C=N–C) groups is 1. The van der Waals surface area contributed by atoms with Crippen molar-refractivity contribution in [3.05, 3.63) is 34.9 Å². The van der Waals surface area contributed by atoms with E-state index in [1.54, 1.807) is 6.92 Å². The molecule has 0 aliphatic rings. The first-order valence-corrected chi connectivity index (χ1v) is 6.54. The van der Waals surface area contributed by atoms with Crippen LogP contribution in [0.4, 0.5) is 0 Å². The van der Waals surface area contributed by atoms with Crippen LogP contribution in [0.2, 0.25) is 0 Å². The van der Waals surface area contributed by atoms with E-state index in [9.17, 15) is 0 Å². The van der Waals surface area contributed by atoms with Crippen molar-refractivity contribution in [3.8, 4) is 0 Å². The molecule has 0 saturated carbocycles. The molecular weight excluding hydrogens is 234 g/mol. The summed E-state index contributed by atoms with van der Waals surface area (Å²) in [5.41, 5.74) is 10.6. The number of hydrogen-bond donors (Lipinski definition) is 2. The molecule has 0 aromatic rings. The number of nitrogens with two attached hydrogens (primary N) is 1. The summed E-state index contributed by atoms with van der Waals surface area (Å²) in [7, 11) is 0. The number of allylic oxidation sites excluding steroid dienone is 3. The van der Waals surface area contributed by atoms with Crippen molar-refractivity contribution in [2.45, 2.75) is 48.0 Å². The van der Waals surface area contributed by atoms with Gasteiger partial charge in [-0.1, -0.05) is 30.7 Å². The van der Waals surface area contributed by atoms with Crippen molar-refractivity contribution in [2.24, 2.45) is 10.7 Å². The van der Waals surface area contributed by atoms with E-state index in [1.165, 1.54) is 23.1 Å². The summed E-state index contributed by atoms with van der Waals surface area (Å²) in [6.45, 7) is 16.2. The molecule has 0 amide bonds. The largest absolute Gasteiger partial charge is 0.390 e. The summed E-state index contributed by atoms with van der Waals surface area (Å²) >= 11 is 0. The van der Waals surface area contributed by atoms with Gasteiger partial charge in [0.2, 0.25) is 0 Å². The molecule has 0 heterocycles. The summed E-state index contributed by atoms with van der Waals surface area (Å²) in [5, 5.41) is 6.85. The Labute approximate surface area is 118 Å².